The minimum Gasteiger partial charge on any atom is -0.387 e. The third-order valence-electron chi connectivity index (χ3n) is 2.84. The van der Waals surface area contributed by atoms with Gasteiger partial charge in [0.1, 0.15) is 24.4 Å². The van der Waals surface area contributed by atoms with Gasteiger partial charge in [0.15, 0.2) is 12.5 Å². The summed E-state index contributed by atoms with van der Waals surface area (Å²) in [6, 6.07) is -1.05. The molecule has 0 saturated carbocycles. The lowest BCUT2D eigenvalue weighted by Gasteiger charge is -2.40. The zero-order valence-electron chi connectivity index (χ0n) is 10.5. The molecule has 0 aromatic heterocycles. The van der Waals surface area contributed by atoms with Crippen molar-refractivity contribution in [3.63, 3.8) is 0 Å². The smallest absolute Gasteiger partial charge is 0.342 e. The monoisotopic (exact) mass is 295 g/mol. The van der Waals surface area contributed by atoms with E-state index in [2.05, 4.69) is 5.29 Å². The average Bonchev–Trinajstić information content (AvgIpc) is 2.41. The first kappa shape index (κ1) is 16.7. The highest BCUT2D eigenvalue weighted by Crippen LogP contribution is 2.21. The standard InChI is InChI=1S/C9H17N3O8/c1-2-12(11-19)9(18)10-7(16)6-4(14)3(13)5(15)8(17)20-6/h3-8,13-17H,2H2,1H3,(H,10,18)/t3-,4-,5+,6-,7?,8?/m0/s1. The van der Waals surface area contributed by atoms with E-state index in [1.54, 1.807) is 0 Å². The van der Waals surface area contributed by atoms with Crippen molar-refractivity contribution < 1.29 is 35.1 Å². The molecular weight excluding hydrogens is 278 g/mol. The summed E-state index contributed by atoms with van der Waals surface area (Å²) in [5.74, 6) is 0. The molecule has 1 aliphatic rings. The summed E-state index contributed by atoms with van der Waals surface area (Å²) in [6.45, 7) is 1.41. The van der Waals surface area contributed by atoms with Crippen molar-refractivity contribution in [3.05, 3.63) is 4.91 Å². The van der Waals surface area contributed by atoms with Crippen LogP contribution < -0.4 is 5.32 Å². The average molecular weight is 295 g/mol. The van der Waals surface area contributed by atoms with Crippen LogP contribution in [0.1, 0.15) is 6.92 Å². The van der Waals surface area contributed by atoms with Crippen LogP contribution in [0.5, 0.6) is 0 Å². The zero-order valence-corrected chi connectivity index (χ0v) is 10.5. The second kappa shape index (κ2) is 6.88. The highest BCUT2D eigenvalue weighted by Gasteiger charge is 2.46. The Labute approximate surface area is 113 Å². The summed E-state index contributed by atoms with van der Waals surface area (Å²) in [5, 5.41) is 52.0. The zero-order chi connectivity index (χ0) is 15.4. The number of ether oxygens (including phenoxy) is 1. The van der Waals surface area contributed by atoms with Gasteiger partial charge in [0.2, 0.25) is 0 Å². The number of nitrogens with one attached hydrogen (secondary N) is 1. The Hall–Kier alpha value is -1.37. The van der Waals surface area contributed by atoms with Crippen molar-refractivity contribution in [2.24, 2.45) is 5.29 Å². The molecule has 11 nitrogen and oxygen atoms in total. The normalized spacial score (nSPS) is 35.2. The van der Waals surface area contributed by atoms with Gasteiger partial charge in [0, 0.05) is 6.54 Å². The quantitative estimate of drug-likeness (QED) is 0.179. The van der Waals surface area contributed by atoms with Crippen molar-refractivity contribution in [2.75, 3.05) is 6.54 Å². The maximum Gasteiger partial charge on any atom is 0.342 e. The van der Waals surface area contributed by atoms with E-state index in [-0.39, 0.29) is 6.54 Å². The minimum atomic E-state index is -1.85. The SMILES string of the molecule is CCN(N=O)C(=O)NC(O)[C@H]1OC(O)[C@H](O)[C@@H](O)[C@@H]1O. The van der Waals surface area contributed by atoms with Crippen LogP contribution in [0, 0.1) is 4.91 Å². The van der Waals surface area contributed by atoms with Crippen LogP contribution in [-0.2, 0) is 4.74 Å². The summed E-state index contributed by atoms with van der Waals surface area (Å²) in [4.78, 5) is 21.7. The van der Waals surface area contributed by atoms with Gasteiger partial charge < -0.3 is 35.6 Å². The molecule has 0 aromatic rings. The third kappa shape index (κ3) is 3.39. The Morgan fingerprint density at radius 3 is 2.40 bits per heavy atom. The van der Waals surface area contributed by atoms with Gasteiger partial charge in [-0.05, 0) is 6.92 Å². The molecule has 1 saturated heterocycles. The minimum absolute atomic E-state index is 0.0555. The van der Waals surface area contributed by atoms with E-state index in [1.165, 1.54) is 6.92 Å². The van der Waals surface area contributed by atoms with Gasteiger partial charge in [-0.2, -0.15) is 5.01 Å². The molecule has 0 aromatic carbocycles. The number of hydrogen-bond acceptors (Lipinski definition) is 9. The van der Waals surface area contributed by atoms with Crippen LogP contribution in [0.25, 0.3) is 0 Å². The third-order valence-corrected chi connectivity index (χ3v) is 2.84. The van der Waals surface area contributed by atoms with Crippen LogP contribution in [-0.4, -0.2) is 80.1 Å². The highest BCUT2D eigenvalue weighted by molar-refractivity contribution is 5.73. The summed E-state index contributed by atoms with van der Waals surface area (Å²) in [5.41, 5.74) is 0. The number of nitrogens with zero attached hydrogens (tertiary/aromatic N) is 2. The Balaban J connectivity index is 2.69. The lowest BCUT2D eigenvalue weighted by atomic mass is 9.98. The van der Waals surface area contributed by atoms with E-state index in [4.69, 9.17) is 4.74 Å². The fraction of sp³-hybridized carbons (Fsp3) is 0.889. The molecule has 0 bridgehead atoms. The fourth-order valence-corrected chi connectivity index (χ4v) is 1.67. The van der Waals surface area contributed by atoms with Crippen LogP contribution in [0.15, 0.2) is 5.29 Å². The summed E-state index contributed by atoms with van der Waals surface area (Å²) >= 11 is 0. The van der Waals surface area contributed by atoms with Crippen molar-refractivity contribution in [3.8, 4) is 0 Å². The summed E-state index contributed by atoms with van der Waals surface area (Å²) in [6.07, 6.45) is -10.6. The number of carbonyl (C=O) groups excluding carboxylic acids is 1. The van der Waals surface area contributed by atoms with E-state index in [9.17, 15) is 35.2 Å². The fourth-order valence-electron chi connectivity index (χ4n) is 1.67. The first-order chi connectivity index (χ1) is 9.33. The number of amides is 2. The number of nitroso groups, excluding NO2 is 1. The van der Waals surface area contributed by atoms with Crippen LogP contribution in [0.4, 0.5) is 4.79 Å². The van der Waals surface area contributed by atoms with E-state index in [0.29, 0.717) is 5.01 Å². The van der Waals surface area contributed by atoms with Gasteiger partial charge in [-0.25, -0.2) is 4.79 Å². The predicted octanol–water partition coefficient (Wildman–Crippen LogP) is -3.18. The second-order valence-corrected chi connectivity index (χ2v) is 4.15. The molecule has 1 aliphatic heterocycles. The Morgan fingerprint density at radius 1 is 1.30 bits per heavy atom. The molecule has 1 fully saturated rings. The molecule has 20 heavy (non-hydrogen) atoms. The number of carbonyl (C=O) groups is 1. The van der Waals surface area contributed by atoms with E-state index < -0.39 is 43.0 Å². The molecule has 0 aliphatic carbocycles. The molecule has 2 amide bonds. The van der Waals surface area contributed by atoms with Crippen LogP contribution in [0.3, 0.4) is 0 Å². The van der Waals surface area contributed by atoms with Crippen molar-refractivity contribution in [1.82, 2.24) is 10.3 Å². The van der Waals surface area contributed by atoms with Gasteiger partial charge in [-0.3, -0.25) is 0 Å². The van der Waals surface area contributed by atoms with Crippen molar-refractivity contribution >= 4 is 6.03 Å². The summed E-state index contributed by atoms with van der Waals surface area (Å²) < 4.78 is 4.69. The van der Waals surface area contributed by atoms with E-state index in [1.807, 2.05) is 5.32 Å². The Morgan fingerprint density at radius 2 is 1.90 bits per heavy atom. The number of rotatable bonds is 4. The molecule has 0 radical (unpaired) electrons. The van der Waals surface area contributed by atoms with Crippen LogP contribution in [0.2, 0.25) is 0 Å². The molecule has 0 spiro atoms. The molecule has 1 rings (SSSR count). The molecule has 11 heteroatoms. The van der Waals surface area contributed by atoms with E-state index >= 15 is 0 Å². The Bertz CT molecular complexity index is 356. The number of aliphatic hydroxyl groups excluding tert-OH is 5. The molecule has 2 unspecified atom stereocenters. The van der Waals surface area contributed by atoms with Crippen molar-refractivity contribution in [2.45, 2.75) is 43.9 Å². The summed E-state index contributed by atoms with van der Waals surface area (Å²) in [7, 11) is 0. The lowest BCUT2D eigenvalue weighted by molar-refractivity contribution is -0.298. The van der Waals surface area contributed by atoms with Gasteiger partial charge in [-0.15, -0.1) is 4.91 Å². The van der Waals surface area contributed by atoms with Crippen LogP contribution >= 0.6 is 0 Å². The van der Waals surface area contributed by atoms with Gasteiger partial charge >= 0.3 is 6.03 Å². The molecule has 6 N–H and O–H groups in total. The van der Waals surface area contributed by atoms with Gasteiger partial charge in [-0.1, -0.05) is 0 Å². The highest BCUT2D eigenvalue weighted by atomic mass is 16.6. The molecular formula is C9H17N3O8. The van der Waals surface area contributed by atoms with E-state index in [0.717, 1.165) is 0 Å². The van der Waals surface area contributed by atoms with Crippen molar-refractivity contribution in [1.29, 1.82) is 0 Å². The maximum atomic E-state index is 11.4. The first-order valence-corrected chi connectivity index (χ1v) is 5.80. The van der Waals surface area contributed by atoms with Gasteiger partial charge in [0.25, 0.3) is 0 Å². The topological polar surface area (TPSA) is 172 Å². The second-order valence-electron chi connectivity index (χ2n) is 4.15. The molecule has 1 heterocycles. The predicted molar refractivity (Wildman–Crippen MR) is 61.6 cm³/mol. The maximum absolute atomic E-state index is 11.4. The molecule has 116 valence electrons. The first-order valence-electron chi connectivity index (χ1n) is 5.80. The lowest BCUT2D eigenvalue weighted by Crippen LogP contribution is -2.63. The number of aliphatic hydroxyl groups is 5. The largest absolute Gasteiger partial charge is 0.387 e. The van der Waals surface area contributed by atoms with Gasteiger partial charge in [0.05, 0.1) is 5.29 Å². The Kier molecular flexibility index (Phi) is 5.74. The number of hydrogen-bond donors (Lipinski definition) is 6. The number of urea groups is 1. The molecule has 6 atom stereocenters.